The van der Waals surface area contributed by atoms with E-state index in [2.05, 4.69) is 82.0 Å². The summed E-state index contributed by atoms with van der Waals surface area (Å²) < 4.78 is 5.67. The molecular weight excluding hydrogens is 348 g/mol. The van der Waals surface area contributed by atoms with Gasteiger partial charge in [0.2, 0.25) is 0 Å². The molecule has 146 valence electrons. The van der Waals surface area contributed by atoms with Gasteiger partial charge in [-0.25, -0.2) is 0 Å². The second-order valence-electron chi connectivity index (χ2n) is 7.20. The van der Waals surface area contributed by atoms with Crippen molar-refractivity contribution in [2.45, 2.75) is 18.6 Å². The first-order chi connectivity index (χ1) is 13.8. The van der Waals surface area contributed by atoms with Crippen molar-refractivity contribution in [2.24, 2.45) is 0 Å². The van der Waals surface area contributed by atoms with Crippen LogP contribution in [0.3, 0.4) is 0 Å². The Balaban J connectivity index is 1.64. The number of dihydropyridines is 1. The molecule has 4 N–H and O–H groups in total. The molecule has 0 fully saturated rings. The Labute approximate surface area is 166 Å². The van der Waals surface area contributed by atoms with Crippen LogP contribution in [-0.4, -0.2) is 27.2 Å². The van der Waals surface area contributed by atoms with Crippen LogP contribution in [0.5, 0.6) is 0 Å². The predicted molar refractivity (Wildman–Crippen MR) is 114 cm³/mol. The van der Waals surface area contributed by atoms with E-state index in [0.717, 1.165) is 36.7 Å². The van der Waals surface area contributed by atoms with Crippen LogP contribution < -0.4 is 21.3 Å². The lowest BCUT2D eigenvalue weighted by molar-refractivity contribution is 0.0648. The number of nitrogens with one attached hydrogen (secondary N) is 4. The number of fused-ring (bicyclic) bond motifs is 1. The normalized spacial score (nSPS) is 21.1. The van der Waals surface area contributed by atoms with Gasteiger partial charge in [0.15, 0.2) is 0 Å². The van der Waals surface area contributed by atoms with E-state index < -0.39 is 0 Å². The molecule has 0 spiro atoms. The molecule has 2 unspecified atom stereocenters. The standard InChI is InChI=1S/C23H28N4O/c1-24-22-21(9-6-12-25-22)27-18-10-11-19-20(14-18)17(15-26-23(19)28-2)13-16-7-4-3-5-8-16/h3-11,14,17,23-27H,12-13,15H2,1-2H3. The molecule has 2 aromatic carbocycles. The van der Waals surface area contributed by atoms with E-state index in [1.807, 2.05) is 7.05 Å². The third-order valence-corrected chi connectivity index (χ3v) is 5.40. The summed E-state index contributed by atoms with van der Waals surface area (Å²) in [6, 6.07) is 17.3. The molecule has 0 saturated heterocycles. The molecule has 5 nitrogen and oxygen atoms in total. The van der Waals surface area contributed by atoms with Crippen molar-refractivity contribution in [1.82, 2.24) is 16.0 Å². The third-order valence-electron chi connectivity index (χ3n) is 5.40. The van der Waals surface area contributed by atoms with Crippen molar-refractivity contribution in [3.05, 3.63) is 88.9 Å². The highest BCUT2D eigenvalue weighted by atomic mass is 16.5. The van der Waals surface area contributed by atoms with E-state index in [-0.39, 0.29) is 6.23 Å². The van der Waals surface area contributed by atoms with Crippen LogP contribution in [0.15, 0.2) is 72.2 Å². The van der Waals surface area contributed by atoms with Gasteiger partial charge >= 0.3 is 0 Å². The summed E-state index contributed by atoms with van der Waals surface area (Å²) in [6.07, 6.45) is 5.18. The third kappa shape index (κ3) is 3.91. The lowest BCUT2D eigenvalue weighted by atomic mass is 9.85. The Bertz CT molecular complexity index is 875. The van der Waals surface area contributed by atoms with Gasteiger partial charge in [-0.05, 0) is 41.3 Å². The summed E-state index contributed by atoms with van der Waals surface area (Å²) in [5.74, 6) is 1.42. The van der Waals surface area contributed by atoms with E-state index in [0.29, 0.717) is 5.92 Å². The van der Waals surface area contributed by atoms with Crippen molar-refractivity contribution >= 4 is 5.69 Å². The zero-order chi connectivity index (χ0) is 19.3. The first-order valence-electron chi connectivity index (χ1n) is 9.82. The number of ether oxygens (including phenoxy) is 1. The van der Waals surface area contributed by atoms with E-state index in [1.165, 1.54) is 16.7 Å². The van der Waals surface area contributed by atoms with E-state index in [1.54, 1.807) is 7.11 Å². The second kappa shape index (κ2) is 8.50. The number of benzene rings is 2. The first-order valence-corrected chi connectivity index (χ1v) is 9.82. The fraction of sp³-hybridized carbons (Fsp3) is 0.304. The molecule has 2 heterocycles. The fourth-order valence-electron chi connectivity index (χ4n) is 4.00. The summed E-state index contributed by atoms with van der Waals surface area (Å²) in [6.45, 7) is 1.74. The molecule has 5 heteroatoms. The number of hydrogen-bond donors (Lipinski definition) is 4. The van der Waals surface area contributed by atoms with Crippen LogP contribution >= 0.6 is 0 Å². The van der Waals surface area contributed by atoms with Gasteiger partial charge in [0, 0.05) is 38.9 Å². The largest absolute Gasteiger partial charge is 0.373 e. The van der Waals surface area contributed by atoms with Gasteiger partial charge in [0.05, 0.1) is 5.70 Å². The molecule has 0 amide bonds. The van der Waals surface area contributed by atoms with Gasteiger partial charge in [-0.1, -0.05) is 42.5 Å². The van der Waals surface area contributed by atoms with Gasteiger partial charge < -0.3 is 20.7 Å². The Morgan fingerprint density at radius 1 is 1.11 bits per heavy atom. The molecule has 0 aromatic heterocycles. The van der Waals surface area contributed by atoms with Crippen molar-refractivity contribution in [1.29, 1.82) is 0 Å². The summed E-state index contributed by atoms with van der Waals surface area (Å²) in [7, 11) is 3.69. The second-order valence-corrected chi connectivity index (χ2v) is 7.20. The summed E-state index contributed by atoms with van der Waals surface area (Å²) in [4.78, 5) is 0. The van der Waals surface area contributed by atoms with Gasteiger partial charge in [-0.3, -0.25) is 5.32 Å². The quantitative estimate of drug-likeness (QED) is 0.624. The number of methoxy groups -OCH3 is 1. The highest BCUT2D eigenvalue weighted by Crippen LogP contribution is 2.35. The lowest BCUT2D eigenvalue weighted by Crippen LogP contribution is -2.35. The van der Waals surface area contributed by atoms with E-state index in [9.17, 15) is 0 Å². The van der Waals surface area contributed by atoms with E-state index >= 15 is 0 Å². The number of hydrogen-bond acceptors (Lipinski definition) is 5. The molecule has 28 heavy (non-hydrogen) atoms. The SMILES string of the molecule is CNC1=C(Nc2ccc3c(c2)C(Cc2ccccc2)CNC3OC)C=CCN1. The molecule has 2 aliphatic heterocycles. The van der Waals surface area contributed by atoms with Crippen LogP contribution in [0.4, 0.5) is 5.69 Å². The molecule has 0 saturated carbocycles. The first kappa shape index (κ1) is 18.6. The smallest absolute Gasteiger partial charge is 0.134 e. The highest BCUT2D eigenvalue weighted by molar-refractivity contribution is 5.57. The van der Waals surface area contributed by atoms with Crippen molar-refractivity contribution in [2.75, 3.05) is 32.6 Å². The topological polar surface area (TPSA) is 57.3 Å². The predicted octanol–water partition coefficient (Wildman–Crippen LogP) is 3.22. The number of anilines is 1. The highest BCUT2D eigenvalue weighted by Gasteiger charge is 2.27. The van der Waals surface area contributed by atoms with Crippen LogP contribution in [0, 0.1) is 0 Å². The van der Waals surface area contributed by atoms with Crippen molar-refractivity contribution in [3.8, 4) is 0 Å². The maximum Gasteiger partial charge on any atom is 0.134 e. The molecule has 0 bridgehead atoms. The Morgan fingerprint density at radius 3 is 2.75 bits per heavy atom. The molecule has 0 aliphatic carbocycles. The minimum Gasteiger partial charge on any atom is -0.373 e. The Kier molecular flexibility index (Phi) is 5.65. The summed E-state index contributed by atoms with van der Waals surface area (Å²) >= 11 is 0. The molecular formula is C23H28N4O. The van der Waals surface area contributed by atoms with Crippen molar-refractivity contribution in [3.63, 3.8) is 0 Å². The average Bonchev–Trinajstić information content (AvgIpc) is 2.75. The number of rotatable bonds is 6. The van der Waals surface area contributed by atoms with Crippen molar-refractivity contribution < 1.29 is 4.74 Å². The molecule has 2 aromatic rings. The Morgan fingerprint density at radius 2 is 1.96 bits per heavy atom. The maximum absolute atomic E-state index is 5.67. The summed E-state index contributed by atoms with van der Waals surface area (Å²) in [5, 5.41) is 13.7. The molecule has 2 atom stereocenters. The minimum atomic E-state index is -0.0561. The molecule has 2 aliphatic rings. The van der Waals surface area contributed by atoms with Gasteiger partial charge in [0.1, 0.15) is 12.0 Å². The van der Waals surface area contributed by atoms with Crippen LogP contribution in [-0.2, 0) is 11.2 Å². The maximum atomic E-state index is 5.67. The fourth-order valence-corrected chi connectivity index (χ4v) is 4.00. The number of allylic oxidation sites excluding steroid dienone is 1. The van der Waals surface area contributed by atoms with Gasteiger partial charge in [-0.2, -0.15) is 0 Å². The Hall–Kier alpha value is -2.76. The monoisotopic (exact) mass is 376 g/mol. The summed E-state index contributed by atoms with van der Waals surface area (Å²) in [5.41, 5.74) is 6.06. The zero-order valence-electron chi connectivity index (χ0n) is 16.5. The van der Waals surface area contributed by atoms with E-state index in [4.69, 9.17) is 4.74 Å². The minimum absolute atomic E-state index is 0.0561. The van der Waals surface area contributed by atoms with Crippen LogP contribution in [0.1, 0.15) is 28.8 Å². The zero-order valence-corrected chi connectivity index (χ0v) is 16.5. The van der Waals surface area contributed by atoms with Crippen LogP contribution in [0.25, 0.3) is 0 Å². The molecule has 4 rings (SSSR count). The average molecular weight is 377 g/mol. The lowest BCUT2D eigenvalue weighted by Gasteiger charge is -2.32. The molecule has 0 radical (unpaired) electrons. The van der Waals surface area contributed by atoms with Crippen LogP contribution in [0.2, 0.25) is 0 Å². The van der Waals surface area contributed by atoms with Gasteiger partial charge in [-0.15, -0.1) is 0 Å². The van der Waals surface area contributed by atoms with Gasteiger partial charge in [0.25, 0.3) is 0 Å².